The summed E-state index contributed by atoms with van der Waals surface area (Å²) in [5, 5.41) is 3.21. The van der Waals surface area contributed by atoms with Crippen LogP contribution in [0.4, 0.5) is 0 Å². The molecule has 1 N–H and O–H groups in total. The van der Waals surface area contributed by atoms with Crippen molar-refractivity contribution in [2.24, 2.45) is 0 Å². The summed E-state index contributed by atoms with van der Waals surface area (Å²) < 4.78 is 0. The molecule has 0 aliphatic carbocycles. The van der Waals surface area contributed by atoms with Gasteiger partial charge in [-0.2, -0.15) is 0 Å². The third kappa shape index (κ3) is 0.290. The van der Waals surface area contributed by atoms with Gasteiger partial charge in [-0.25, -0.2) is 0 Å². The second-order valence-electron chi connectivity index (χ2n) is 2.12. The zero-order valence-corrected chi connectivity index (χ0v) is 4.31. The molecular formula is C5H8N2. The molecule has 2 nitrogen and oxygen atoms in total. The minimum Gasteiger partial charge on any atom is -0.368 e. The normalized spacial score (nSPS) is 34.1. The molecule has 0 saturated carbocycles. The predicted molar refractivity (Wildman–Crippen MR) is 27.4 cm³/mol. The van der Waals surface area contributed by atoms with E-state index in [0.29, 0.717) is 6.17 Å². The van der Waals surface area contributed by atoms with Crippen LogP contribution in [-0.4, -0.2) is 17.6 Å². The molecule has 2 heteroatoms. The van der Waals surface area contributed by atoms with E-state index in [1.165, 1.54) is 12.2 Å². The van der Waals surface area contributed by atoms with Gasteiger partial charge in [-0.15, -0.1) is 0 Å². The Balaban J connectivity index is 2.25. The molecule has 0 radical (unpaired) electrons. The van der Waals surface area contributed by atoms with E-state index in [4.69, 9.17) is 0 Å². The predicted octanol–water partition coefficient (Wildman–Crippen LogP) is 0.0926. The van der Waals surface area contributed by atoms with Gasteiger partial charge in [0.05, 0.1) is 6.54 Å². The minimum absolute atomic E-state index is 0.681. The van der Waals surface area contributed by atoms with Crippen molar-refractivity contribution in [3.63, 3.8) is 0 Å². The van der Waals surface area contributed by atoms with Crippen LogP contribution in [0.1, 0.15) is 6.92 Å². The highest BCUT2D eigenvalue weighted by Crippen LogP contribution is 2.25. The SMILES string of the molecule is CC1=CNC2CN12. The quantitative estimate of drug-likeness (QED) is 0.430. The first-order valence-electron chi connectivity index (χ1n) is 2.57. The minimum atomic E-state index is 0.681. The highest BCUT2D eigenvalue weighted by Gasteiger charge is 2.36. The summed E-state index contributed by atoms with van der Waals surface area (Å²) in [5.74, 6) is 0. The highest BCUT2D eigenvalue weighted by molar-refractivity contribution is 5.15. The Morgan fingerprint density at radius 3 is 3.00 bits per heavy atom. The van der Waals surface area contributed by atoms with Crippen molar-refractivity contribution in [1.29, 1.82) is 0 Å². The van der Waals surface area contributed by atoms with Crippen molar-refractivity contribution in [2.75, 3.05) is 6.54 Å². The molecule has 1 unspecified atom stereocenters. The van der Waals surface area contributed by atoms with Gasteiger partial charge >= 0.3 is 0 Å². The molecule has 0 bridgehead atoms. The van der Waals surface area contributed by atoms with Gasteiger partial charge in [-0.1, -0.05) is 0 Å². The molecular weight excluding hydrogens is 88.1 g/mol. The summed E-state index contributed by atoms with van der Waals surface area (Å²) in [6.45, 7) is 3.35. The smallest absolute Gasteiger partial charge is 0.117 e. The Labute approximate surface area is 42.8 Å². The Morgan fingerprint density at radius 2 is 2.86 bits per heavy atom. The number of rotatable bonds is 0. The molecule has 1 atom stereocenters. The molecule has 2 rings (SSSR count). The number of hydrogen-bond donors (Lipinski definition) is 1. The average molecular weight is 96.1 g/mol. The molecule has 2 heterocycles. The molecule has 7 heavy (non-hydrogen) atoms. The van der Waals surface area contributed by atoms with Crippen molar-refractivity contribution >= 4 is 0 Å². The molecule has 2 aliphatic heterocycles. The van der Waals surface area contributed by atoms with E-state index in [1.54, 1.807) is 0 Å². The number of allylic oxidation sites excluding steroid dienone is 1. The lowest BCUT2D eigenvalue weighted by Gasteiger charge is -1.90. The fourth-order valence-electron chi connectivity index (χ4n) is 0.971. The standard InChI is InChI=1S/C5H8N2/c1-4-2-6-5-3-7(4)5/h2,5-6H,3H2,1H3. The van der Waals surface area contributed by atoms with Crippen molar-refractivity contribution in [3.05, 3.63) is 11.9 Å². The van der Waals surface area contributed by atoms with Gasteiger partial charge in [0, 0.05) is 11.9 Å². The topological polar surface area (TPSA) is 15.0 Å². The third-order valence-corrected chi connectivity index (χ3v) is 1.55. The van der Waals surface area contributed by atoms with Gasteiger partial charge in [-0.05, 0) is 6.92 Å². The van der Waals surface area contributed by atoms with Crippen LogP contribution >= 0.6 is 0 Å². The zero-order chi connectivity index (χ0) is 4.85. The number of nitrogens with zero attached hydrogens (tertiary/aromatic N) is 1. The monoisotopic (exact) mass is 96.1 g/mol. The molecule has 0 aromatic heterocycles. The molecule has 0 aromatic rings. The van der Waals surface area contributed by atoms with E-state index in [9.17, 15) is 0 Å². The van der Waals surface area contributed by atoms with Crippen LogP contribution in [0.5, 0.6) is 0 Å². The number of nitrogens with one attached hydrogen (secondary N) is 1. The van der Waals surface area contributed by atoms with Crippen LogP contribution in [-0.2, 0) is 0 Å². The van der Waals surface area contributed by atoms with Crippen LogP contribution in [0, 0.1) is 0 Å². The summed E-state index contributed by atoms with van der Waals surface area (Å²) in [6.07, 6.45) is 2.74. The van der Waals surface area contributed by atoms with Crippen LogP contribution in [0.2, 0.25) is 0 Å². The summed E-state index contributed by atoms with van der Waals surface area (Å²) in [5.41, 5.74) is 1.38. The van der Waals surface area contributed by atoms with E-state index in [-0.39, 0.29) is 0 Å². The first kappa shape index (κ1) is 3.36. The molecule has 2 aliphatic rings. The molecule has 1 saturated heterocycles. The van der Waals surface area contributed by atoms with Gasteiger partial charge in [0.2, 0.25) is 0 Å². The first-order valence-corrected chi connectivity index (χ1v) is 2.57. The van der Waals surface area contributed by atoms with E-state index < -0.39 is 0 Å². The van der Waals surface area contributed by atoms with E-state index in [1.807, 2.05) is 0 Å². The first-order chi connectivity index (χ1) is 3.38. The maximum Gasteiger partial charge on any atom is 0.117 e. The van der Waals surface area contributed by atoms with E-state index >= 15 is 0 Å². The fraction of sp³-hybridized carbons (Fsp3) is 0.600. The van der Waals surface area contributed by atoms with Gasteiger partial charge in [0.25, 0.3) is 0 Å². The van der Waals surface area contributed by atoms with Crippen LogP contribution in [0.25, 0.3) is 0 Å². The second kappa shape index (κ2) is 0.782. The van der Waals surface area contributed by atoms with Crippen LogP contribution < -0.4 is 5.32 Å². The summed E-state index contributed by atoms with van der Waals surface area (Å²) in [4.78, 5) is 2.32. The van der Waals surface area contributed by atoms with E-state index in [2.05, 4.69) is 23.3 Å². The largest absolute Gasteiger partial charge is 0.368 e. The molecule has 38 valence electrons. The Hall–Kier alpha value is -0.660. The average Bonchev–Trinajstić information content (AvgIpc) is 2.33. The maximum atomic E-state index is 3.21. The highest BCUT2D eigenvalue weighted by atomic mass is 15.4. The lowest BCUT2D eigenvalue weighted by molar-refractivity contribution is 0.646. The number of hydrogen-bond acceptors (Lipinski definition) is 2. The third-order valence-electron chi connectivity index (χ3n) is 1.55. The molecule has 0 aromatic carbocycles. The van der Waals surface area contributed by atoms with Crippen LogP contribution in [0.3, 0.4) is 0 Å². The van der Waals surface area contributed by atoms with Crippen LogP contribution in [0.15, 0.2) is 11.9 Å². The second-order valence-corrected chi connectivity index (χ2v) is 2.12. The van der Waals surface area contributed by atoms with Crippen molar-refractivity contribution in [3.8, 4) is 0 Å². The Morgan fingerprint density at radius 1 is 2.00 bits per heavy atom. The van der Waals surface area contributed by atoms with Gasteiger partial charge in [0.15, 0.2) is 0 Å². The lowest BCUT2D eigenvalue weighted by Crippen LogP contribution is -2.05. The Bertz CT molecular complexity index is 128. The molecule has 0 amide bonds. The van der Waals surface area contributed by atoms with Gasteiger partial charge in [-0.3, -0.25) is 0 Å². The summed E-state index contributed by atoms with van der Waals surface area (Å²) in [6, 6.07) is 0. The molecule has 0 spiro atoms. The number of fused-ring (bicyclic) bond motifs is 1. The maximum absolute atomic E-state index is 3.21. The lowest BCUT2D eigenvalue weighted by atomic mass is 10.5. The van der Waals surface area contributed by atoms with Gasteiger partial charge in [0.1, 0.15) is 6.17 Å². The Kier molecular flexibility index (Phi) is 0.375. The molecule has 1 fully saturated rings. The van der Waals surface area contributed by atoms with E-state index in [0.717, 1.165) is 0 Å². The zero-order valence-electron chi connectivity index (χ0n) is 4.31. The fourth-order valence-corrected chi connectivity index (χ4v) is 0.971. The summed E-state index contributed by atoms with van der Waals surface area (Å²) >= 11 is 0. The van der Waals surface area contributed by atoms with Gasteiger partial charge < -0.3 is 10.2 Å². The van der Waals surface area contributed by atoms with Crippen molar-refractivity contribution in [1.82, 2.24) is 10.2 Å². The van der Waals surface area contributed by atoms with Crippen molar-refractivity contribution in [2.45, 2.75) is 13.1 Å². The van der Waals surface area contributed by atoms with Crippen molar-refractivity contribution < 1.29 is 0 Å². The summed E-state index contributed by atoms with van der Waals surface area (Å²) in [7, 11) is 0.